The van der Waals surface area contributed by atoms with E-state index in [1.807, 2.05) is 6.07 Å². The lowest BCUT2D eigenvalue weighted by Gasteiger charge is -2.17. The monoisotopic (exact) mass is 501 g/mol. The Morgan fingerprint density at radius 2 is 2.00 bits per heavy atom. The molecule has 3 aromatic rings. The van der Waals surface area contributed by atoms with E-state index in [0.29, 0.717) is 47.8 Å². The van der Waals surface area contributed by atoms with Crippen molar-refractivity contribution in [1.29, 1.82) is 0 Å². The van der Waals surface area contributed by atoms with Gasteiger partial charge in [0.1, 0.15) is 34.9 Å². The number of aromatic nitrogens is 1. The molecule has 188 valence electrons. The average molecular weight is 501 g/mol. The van der Waals surface area contributed by atoms with Crippen molar-refractivity contribution in [2.24, 2.45) is 0 Å². The molecular formula is C26H22F3NO6. The van der Waals surface area contributed by atoms with Crippen LogP contribution in [0.1, 0.15) is 41.6 Å². The molecule has 2 aliphatic rings. The Morgan fingerprint density at radius 1 is 1.17 bits per heavy atom. The Morgan fingerprint density at radius 3 is 2.75 bits per heavy atom. The van der Waals surface area contributed by atoms with E-state index in [9.17, 15) is 18.0 Å². The summed E-state index contributed by atoms with van der Waals surface area (Å²) < 4.78 is 66.2. The van der Waals surface area contributed by atoms with Gasteiger partial charge in [0, 0.05) is 34.7 Å². The molecule has 10 heteroatoms. The number of nitrogens with zero attached hydrogens (tertiary/aromatic N) is 1. The van der Waals surface area contributed by atoms with Crippen LogP contribution in [0.2, 0.25) is 0 Å². The zero-order valence-electron chi connectivity index (χ0n) is 19.2. The number of hydrogen-bond donors (Lipinski definition) is 0. The summed E-state index contributed by atoms with van der Waals surface area (Å²) >= 11 is 0. The number of hydrogen-bond acceptors (Lipinski definition) is 7. The summed E-state index contributed by atoms with van der Waals surface area (Å²) in [5.74, 6) is 0.822. The number of alkyl halides is 2. The van der Waals surface area contributed by atoms with Crippen LogP contribution in [0.5, 0.6) is 28.9 Å². The van der Waals surface area contributed by atoms with E-state index >= 15 is 0 Å². The average Bonchev–Trinajstić information content (AvgIpc) is 3.46. The van der Waals surface area contributed by atoms with Crippen LogP contribution in [-0.2, 0) is 16.0 Å². The molecule has 2 aromatic carbocycles. The van der Waals surface area contributed by atoms with Gasteiger partial charge in [0.2, 0.25) is 5.88 Å². The zero-order chi connectivity index (χ0) is 25.2. The van der Waals surface area contributed by atoms with E-state index in [-0.39, 0.29) is 29.9 Å². The number of methoxy groups -OCH3 is 1. The minimum absolute atomic E-state index is 0.0875. The smallest absolute Gasteiger partial charge is 0.387 e. The molecule has 2 unspecified atom stereocenters. The second-order valence-corrected chi connectivity index (χ2v) is 8.38. The van der Waals surface area contributed by atoms with Crippen molar-refractivity contribution >= 4 is 5.97 Å². The second kappa shape index (κ2) is 9.96. The maximum atomic E-state index is 14.9. The van der Waals surface area contributed by atoms with Crippen LogP contribution in [0.15, 0.2) is 48.7 Å². The fourth-order valence-corrected chi connectivity index (χ4v) is 4.52. The lowest BCUT2D eigenvalue weighted by atomic mass is 9.98. The summed E-state index contributed by atoms with van der Waals surface area (Å²) in [6.07, 6.45) is 1.86. The van der Waals surface area contributed by atoms with Crippen molar-refractivity contribution in [3.63, 3.8) is 0 Å². The fourth-order valence-electron chi connectivity index (χ4n) is 4.52. The van der Waals surface area contributed by atoms with Crippen LogP contribution in [0.25, 0.3) is 0 Å². The fraction of sp³-hybridized carbons (Fsp3) is 0.308. The molecule has 5 rings (SSSR count). The van der Waals surface area contributed by atoms with Gasteiger partial charge >= 0.3 is 12.6 Å². The van der Waals surface area contributed by atoms with Crippen LogP contribution in [0, 0.1) is 5.82 Å². The largest absolute Gasteiger partial charge is 0.492 e. The molecule has 0 saturated heterocycles. The molecule has 1 aliphatic carbocycles. The molecule has 0 saturated carbocycles. The van der Waals surface area contributed by atoms with Crippen molar-refractivity contribution < 1.29 is 41.7 Å². The van der Waals surface area contributed by atoms with Gasteiger partial charge in [-0.2, -0.15) is 8.78 Å². The second-order valence-electron chi connectivity index (χ2n) is 8.38. The quantitative estimate of drug-likeness (QED) is 0.366. The van der Waals surface area contributed by atoms with Gasteiger partial charge in [-0.05, 0) is 37.1 Å². The molecule has 1 aromatic heterocycles. The van der Waals surface area contributed by atoms with Gasteiger partial charge in [-0.15, -0.1) is 0 Å². The Hall–Kier alpha value is -3.95. The predicted octanol–water partition coefficient (Wildman–Crippen LogP) is 5.72. The summed E-state index contributed by atoms with van der Waals surface area (Å²) in [4.78, 5) is 15.6. The third-order valence-corrected chi connectivity index (χ3v) is 6.17. The highest BCUT2D eigenvalue weighted by Crippen LogP contribution is 2.44. The molecule has 1 aliphatic heterocycles. The van der Waals surface area contributed by atoms with Crippen molar-refractivity contribution in [1.82, 2.24) is 4.98 Å². The molecule has 0 bridgehead atoms. The first-order chi connectivity index (χ1) is 17.4. The minimum Gasteiger partial charge on any atom is -0.492 e. The Kier molecular flexibility index (Phi) is 6.58. The van der Waals surface area contributed by atoms with E-state index in [2.05, 4.69) is 9.72 Å². The molecule has 2 atom stereocenters. The standard InChI is InChI=1S/C26H22F3NO6/c1-32-24(31)10-14-13-33-22-11-15(2-4-17(14)22)34-21-7-5-18-20(8-6-19(27)25(18)21)36-23-9-3-16(12-30-23)35-26(28)29/h2-4,6,8-9,11-12,14,21,26H,5,7,10,13H2,1H3. The lowest BCUT2D eigenvalue weighted by Crippen LogP contribution is -2.09. The number of halogens is 3. The van der Waals surface area contributed by atoms with E-state index in [0.717, 1.165) is 11.8 Å². The molecule has 0 radical (unpaired) electrons. The summed E-state index contributed by atoms with van der Waals surface area (Å²) in [7, 11) is 1.35. The van der Waals surface area contributed by atoms with Crippen LogP contribution in [0.3, 0.4) is 0 Å². The van der Waals surface area contributed by atoms with E-state index in [1.54, 1.807) is 12.1 Å². The van der Waals surface area contributed by atoms with Gasteiger partial charge in [-0.1, -0.05) is 6.07 Å². The number of ether oxygens (including phenoxy) is 5. The summed E-state index contributed by atoms with van der Waals surface area (Å²) in [5.41, 5.74) is 1.96. The molecule has 36 heavy (non-hydrogen) atoms. The number of carbonyl (C=O) groups is 1. The molecule has 0 fully saturated rings. The topological polar surface area (TPSA) is 76.1 Å². The molecule has 0 amide bonds. The summed E-state index contributed by atoms with van der Waals surface area (Å²) in [6.45, 7) is -2.58. The molecule has 0 spiro atoms. The van der Waals surface area contributed by atoms with Crippen LogP contribution < -0.4 is 18.9 Å². The number of pyridine rings is 1. The third-order valence-electron chi connectivity index (χ3n) is 6.17. The summed E-state index contributed by atoms with van der Waals surface area (Å²) in [6, 6.07) is 10.9. The number of fused-ring (bicyclic) bond motifs is 2. The first-order valence-corrected chi connectivity index (χ1v) is 11.3. The Bertz CT molecular complexity index is 1270. The maximum Gasteiger partial charge on any atom is 0.387 e. The Balaban J connectivity index is 1.31. The lowest BCUT2D eigenvalue weighted by molar-refractivity contribution is -0.141. The van der Waals surface area contributed by atoms with Gasteiger partial charge in [0.15, 0.2) is 0 Å². The normalized spacial score (nSPS) is 17.8. The number of rotatable bonds is 8. The molecular weight excluding hydrogens is 479 g/mol. The number of esters is 1. The maximum absolute atomic E-state index is 14.9. The van der Waals surface area contributed by atoms with Gasteiger partial charge in [-0.3, -0.25) is 4.79 Å². The highest BCUT2D eigenvalue weighted by molar-refractivity contribution is 5.71. The van der Waals surface area contributed by atoms with Gasteiger partial charge < -0.3 is 23.7 Å². The Labute approximate surface area is 204 Å². The van der Waals surface area contributed by atoms with Crippen LogP contribution in [-0.4, -0.2) is 31.3 Å². The van der Waals surface area contributed by atoms with Gasteiger partial charge in [0.25, 0.3) is 0 Å². The predicted molar refractivity (Wildman–Crippen MR) is 120 cm³/mol. The zero-order valence-corrected chi connectivity index (χ0v) is 19.2. The first kappa shape index (κ1) is 23.8. The highest BCUT2D eigenvalue weighted by Gasteiger charge is 2.32. The van der Waals surface area contributed by atoms with Gasteiger partial charge in [0.05, 0.1) is 26.3 Å². The highest BCUT2D eigenvalue weighted by atomic mass is 19.3. The molecule has 7 nitrogen and oxygen atoms in total. The van der Waals surface area contributed by atoms with Crippen LogP contribution in [0.4, 0.5) is 13.2 Å². The van der Waals surface area contributed by atoms with E-state index < -0.39 is 18.5 Å². The van der Waals surface area contributed by atoms with E-state index in [1.165, 1.54) is 31.4 Å². The SMILES string of the molecule is COC(=O)CC1COc2cc(OC3CCc4c(Oc5ccc(OC(F)F)cn5)ccc(F)c43)ccc21. The molecule has 0 N–H and O–H groups in total. The van der Waals surface area contributed by atoms with Crippen molar-refractivity contribution in [3.8, 4) is 28.9 Å². The van der Waals surface area contributed by atoms with Gasteiger partial charge in [-0.25, -0.2) is 9.37 Å². The molecule has 2 heterocycles. The van der Waals surface area contributed by atoms with Crippen LogP contribution >= 0.6 is 0 Å². The van der Waals surface area contributed by atoms with Crippen molar-refractivity contribution in [3.05, 3.63) is 71.2 Å². The number of carbonyl (C=O) groups excluding carboxylic acids is 1. The van der Waals surface area contributed by atoms with Crippen molar-refractivity contribution in [2.75, 3.05) is 13.7 Å². The third kappa shape index (κ3) is 4.89. The van der Waals surface area contributed by atoms with Crippen molar-refractivity contribution in [2.45, 2.75) is 37.9 Å². The van der Waals surface area contributed by atoms with E-state index in [4.69, 9.17) is 18.9 Å². The summed E-state index contributed by atoms with van der Waals surface area (Å²) in [5, 5.41) is 0. The first-order valence-electron chi connectivity index (χ1n) is 11.3. The minimum atomic E-state index is -2.95. The number of benzene rings is 2.